The largest absolute Gasteiger partial charge is 0.355 e. The van der Waals surface area contributed by atoms with Crippen molar-refractivity contribution >= 4 is 43.1 Å². The molecular weight excluding hydrogens is 407 g/mol. The standard InChI is InChI=1S/C19H30N4O.3ClH/c20-19(8-9-19)18(24)21-10-4-5-11-22-12-14-23(15-13-22)16-17-6-2-1-3-7-17;;;/h1-3,6-7H,4-5,8-16,20H2,(H,21,24);3*1H. The molecule has 2 aliphatic rings. The summed E-state index contributed by atoms with van der Waals surface area (Å²) in [6.07, 6.45) is 3.85. The van der Waals surface area contributed by atoms with Crippen molar-refractivity contribution in [2.45, 2.75) is 37.8 Å². The third kappa shape index (κ3) is 8.55. The van der Waals surface area contributed by atoms with Crippen LogP contribution in [0.5, 0.6) is 0 Å². The van der Waals surface area contributed by atoms with Crippen molar-refractivity contribution in [2.75, 3.05) is 39.3 Å². The van der Waals surface area contributed by atoms with Gasteiger partial charge in [0.25, 0.3) is 0 Å². The van der Waals surface area contributed by atoms with Crippen molar-refractivity contribution in [3.63, 3.8) is 0 Å². The maximum absolute atomic E-state index is 11.7. The zero-order valence-electron chi connectivity index (χ0n) is 15.8. The molecule has 0 aromatic heterocycles. The number of piperazine rings is 1. The number of carbonyl (C=O) groups excluding carboxylic acids is 1. The topological polar surface area (TPSA) is 61.6 Å². The number of benzene rings is 1. The Bertz CT molecular complexity index is 535. The van der Waals surface area contributed by atoms with Crippen LogP contribution >= 0.6 is 37.2 Å². The number of amides is 1. The Morgan fingerprint density at radius 3 is 2.15 bits per heavy atom. The number of hydrogen-bond acceptors (Lipinski definition) is 4. The molecule has 2 fully saturated rings. The van der Waals surface area contributed by atoms with E-state index in [-0.39, 0.29) is 43.1 Å². The van der Waals surface area contributed by atoms with Gasteiger partial charge in [0.2, 0.25) is 5.91 Å². The van der Waals surface area contributed by atoms with Gasteiger partial charge in [-0.1, -0.05) is 30.3 Å². The van der Waals surface area contributed by atoms with Crippen molar-refractivity contribution in [3.05, 3.63) is 35.9 Å². The second-order valence-corrected chi connectivity index (χ2v) is 7.22. The van der Waals surface area contributed by atoms with Crippen LogP contribution in [0.1, 0.15) is 31.2 Å². The minimum Gasteiger partial charge on any atom is -0.355 e. The Hall–Kier alpha value is -0.560. The third-order valence-electron chi connectivity index (χ3n) is 5.14. The van der Waals surface area contributed by atoms with Crippen LogP contribution in [0.25, 0.3) is 0 Å². The third-order valence-corrected chi connectivity index (χ3v) is 5.14. The Labute approximate surface area is 181 Å². The van der Waals surface area contributed by atoms with Crippen LogP contribution in [0.2, 0.25) is 0 Å². The second-order valence-electron chi connectivity index (χ2n) is 7.22. The van der Waals surface area contributed by atoms with Gasteiger partial charge in [0.15, 0.2) is 0 Å². The molecule has 1 aliphatic heterocycles. The van der Waals surface area contributed by atoms with Crippen LogP contribution in [-0.2, 0) is 11.3 Å². The van der Waals surface area contributed by atoms with Gasteiger partial charge < -0.3 is 16.0 Å². The van der Waals surface area contributed by atoms with E-state index >= 15 is 0 Å². The molecule has 3 N–H and O–H groups in total. The number of unbranched alkanes of at least 4 members (excludes halogenated alkanes) is 1. The maximum atomic E-state index is 11.7. The lowest BCUT2D eigenvalue weighted by Gasteiger charge is -2.34. The molecule has 1 aromatic carbocycles. The molecule has 1 aliphatic carbocycles. The second kappa shape index (κ2) is 12.8. The number of rotatable bonds is 8. The lowest BCUT2D eigenvalue weighted by Crippen LogP contribution is -2.46. The van der Waals surface area contributed by atoms with Crippen LogP contribution in [0.3, 0.4) is 0 Å². The quantitative estimate of drug-likeness (QED) is 0.611. The van der Waals surface area contributed by atoms with Crippen molar-refractivity contribution in [3.8, 4) is 0 Å². The molecule has 0 spiro atoms. The first-order valence-electron chi connectivity index (χ1n) is 9.22. The first-order valence-corrected chi connectivity index (χ1v) is 9.22. The molecule has 1 heterocycles. The number of hydrogen-bond donors (Lipinski definition) is 2. The Morgan fingerprint density at radius 1 is 0.963 bits per heavy atom. The van der Waals surface area contributed by atoms with Crippen LogP contribution in [0, 0.1) is 0 Å². The van der Waals surface area contributed by atoms with Gasteiger partial charge in [-0.3, -0.25) is 9.69 Å². The van der Waals surface area contributed by atoms with Gasteiger partial charge in [0.1, 0.15) is 0 Å². The van der Waals surface area contributed by atoms with E-state index in [1.165, 1.54) is 5.56 Å². The van der Waals surface area contributed by atoms with E-state index in [1.54, 1.807) is 0 Å². The Kier molecular flexibility index (Phi) is 12.5. The summed E-state index contributed by atoms with van der Waals surface area (Å²) in [7, 11) is 0. The highest BCUT2D eigenvalue weighted by Crippen LogP contribution is 2.31. The molecule has 0 unspecified atom stereocenters. The van der Waals surface area contributed by atoms with Crippen molar-refractivity contribution in [1.29, 1.82) is 0 Å². The van der Waals surface area contributed by atoms with Crippen molar-refractivity contribution in [2.24, 2.45) is 5.73 Å². The maximum Gasteiger partial charge on any atom is 0.240 e. The molecule has 1 amide bonds. The van der Waals surface area contributed by atoms with Crippen LogP contribution in [0.15, 0.2) is 30.3 Å². The van der Waals surface area contributed by atoms with E-state index < -0.39 is 5.54 Å². The molecule has 3 rings (SSSR count). The molecule has 1 saturated carbocycles. The van der Waals surface area contributed by atoms with E-state index in [2.05, 4.69) is 45.4 Å². The average Bonchev–Trinajstić information content (AvgIpc) is 3.36. The summed E-state index contributed by atoms with van der Waals surface area (Å²) in [4.78, 5) is 16.8. The van der Waals surface area contributed by atoms with Gasteiger partial charge >= 0.3 is 0 Å². The summed E-state index contributed by atoms with van der Waals surface area (Å²) in [6, 6.07) is 10.7. The SMILES string of the molecule is Cl.Cl.Cl.NC1(C(=O)NCCCCN2CCN(Cc3ccccc3)CC2)CC1. The predicted molar refractivity (Wildman–Crippen MR) is 118 cm³/mol. The fraction of sp³-hybridized carbons (Fsp3) is 0.632. The number of nitrogens with zero attached hydrogens (tertiary/aromatic N) is 2. The molecule has 5 nitrogen and oxygen atoms in total. The predicted octanol–water partition coefficient (Wildman–Crippen LogP) is 2.46. The monoisotopic (exact) mass is 438 g/mol. The Morgan fingerprint density at radius 2 is 1.56 bits per heavy atom. The highest BCUT2D eigenvalue weighted by molar-refractivity contribution is 5.88. The Balaban J connectivity index is 0.00000225. The molecule has 27 heavy (non-hydrogen) atoms. The molecule has 156 valence electrons. The lowest BCUT2D eigenvalue weighted by molar-refractivity contribution is -0.123. The van der Waals surface area contributed by atoms with Gasteiger partial charge in [-0.25, -0.2) is 0 Å². The molecular formula is C19H33Cl3N4O. The van der Waals surface area contributed by atoms with Gasteiger partial charge in [-0.2, -0.15) is 0 Å². The van der Waals surface area contributed by atoms with Gasteiger partial charge in [-0.15, -0.1) is 37.2 Å². The zero-order chi connectivity index (χ0) is 16.8. The van der Waals surface area contributed by atoms with Crippen LogP contribution in [0.4, 0.5) is 0 Å². The minimum absolute atomic E-state index is 0. The summed E-state index contributed by atoms with van der Waals surface area (Å²) < 4.78 is 0. The fourth-order valence-corrected chi connectivity index (χ4v) is 3.21. The van der Waals surface area contributed by atoms with Gasteiger partial charge in [-0.05, 0) is 37.8 Å². The van der Waals surface area contributed by atoms with E-state index in [0.717, 1.165) is 71.5 Å². The molecule has 0 radical (unpaired) electrons. The average molecular weight is 440 g/mol. The number of carbonyl (C=O) groups is 1. The van der Waals surface area contributed by atoms with Crippen molar-refractivity contribution < 1.29 is 4.79 Å². The highest BCUT2D eigenvalue weighted by atomic mass is 35.5. The van der Waals surface area contributed by atoms with E-state index in [4.69, 9.17) is 5.73 Å². The minimum atomic E-state index is -0.533. The van der Waals surface area contributed by atoms with Crippen LogP contribution in [-0.4, -0.2) is 60.5 Å². The van der Waals surface area contributed by atoms with E-state index in [9.17, 15) is 4.79 Å². The number of halogens is 3. The highest BCUT2D eigenvalue weighted by Gasteiger charge is 2.45. The van der Waals surface area contributed by atoms with Crippen molar-refractivity contribution in [1.82, 2.24) is 15.1 Å². The normalized spacial score (nSPS) is 18.4. The molecule has 1 saturated heterocycles. The zero-order valence-corrected chi connectivity index (χ0v) is 18.2. The number of nitrogens with two attached hydrogens (primary N) is 1. The first-order chi connectivity index (χ1) is 11.7. The van der Waals surface area contributed by atoms with E-state index in [1.807, 2.05) is 0 Å². The fourth-order valence-electron chi connectivity index (χ4n) is 3.21. The summed E-state index contributed by atoms with van der Waals surface area (Å²) in [5.74, 6) is 0.0389. The van der Waals surface area contributed by atoms with Gasteiger partial charge in [0, 0.05) is 39.3 Å². The summed E-state index contributed by atoms with van der Waals surface area (Å²) in [5.41, 5.74) is 6.73. The number of nitrogens with one attached hydrogen (secondary N) is 1. The molecule has 0 bridgehead atoms. The van der Waals surface area contributed by atoms with E-state index in [0.29, 0.717) is 0 Å². The first kappa shape index (κ1) is 26.4. The molecule has 1 aromatic rings. The van der Waals surface area contributed by atoms with Gasteiger partial charge in [0.05, 0.1) is 5.54 Å². The summed E-state index contributed by atoms with van der Waals surface area (Å²) in [6.45, 7) is 7.51. The summed E-state index contributed by atoms with van der Waals surface area (Å²) >= 11 is 0. The smallest absolute Gasteiger partial charge is 0.240 e. The molecule has 0 atom stereocenters. The summed E-state index contributed by atoms with van der Waals surface area (Å²) in [5, 5.41) is 2.97. The molecule has 8 heteroatoms. The van der Waals surface area contributed by atoms with Crippen LogP contribution < -0.4 is 11.1 Å². The lowest BCUT2D eigenvalue weighted by atomic mass is 10.2.